The molecule has 1 aromatic rings. The van der Waals surface area contributed by atoms with Crippen molar-refractivity contribution < 1.29 is 19.1 Å². The SMILES string of the molecule is CCOC(=O)c1ccc(CCN2CCN(C(C)C(=O)OCC)CC2)cc1. The fraction of sp³-hybridized carbons (Fsp3) is 0.600. The van der Waals surface area contributed by atoms with Gasteiger partial charge in [-0.15, -0.1) is 0 Å². The Labute approximate surface area is 156 Å². The molecule has 1 aromatic carbocycles. The number of nitrogens with zero attached hydrogens (tertiary/aromatic N) is 2. The number of ether oxygens (including phenoxy) is 2. The molecule has 0 bridgehead atoms. The van der Waals surface area contributed by atoms with Crippen molar-refractivity contribution in [2.24, 2.45) is 0 Å². The molecule has 1 aliphatic heterocycles. The van der Waals surface area contributed by atoms with Crippen LogP contribution >= 0.6 is 0 Å². The zero-order valence-corrected chi connectivity index (χ0v) is 16.1. The highest BCUT2D eigenvalue weighted by Crippen LogP contribution is 2.11. The lowest BCUT2D eigenvalue weighted by molar-refractivity contribution is -0.149. The smallest absolute Gasteiger partial charge is 0.338 e. The molecule has 1 aliphatic rings. The summed E-state index contributed by atoms with van der Waals surface area (Å²) in [6.45, 7) is 11.0. The molecule has 1 unspecified atom stereocenters. The van der Waals surface area contributed by atoms with E-state index in [2.05, 4.69) is 9.80 Å². The Bertz CT molecular complexity index is 580. The fourth-order valence-corrected chi connectivity index (χ4v) is 3.10. The Morgan fingerprint density at radius 1 is 1.00 bits per heavy atom. The average Bonchev–Trinajstić information content (AvgIpc) is 2.67. The maximum atomic E-state index is 11.8. The number of hydrogen-bond donors (Lipinski definition) is 0. The molecule has 0 spiro atoms. The maximum absolute atomic E-state index is 11.8. The van der Waals surface area contributed by atoms with E-state index in [9.17, 15) is 9.59 Å². The maximum Gasteiger partial charge on any atom is 0.338 e. The lowest BCUT2D eigenvalue weighted by Crippen LogP contribution is -2.52. The molecule has 144 valence electrons. The van der Waals surface area contributed by atoms with Crippen LogP contribution in [-0.4, -0.2) is 73.7 Å². The molecule has 1 saturated heterocycles. The van der Waals surface area contributed by atoms with Gasteiger partial charge in [0.05, 0.1) is 18.8 Å². The number of piperazine rings is 1. The van der Waals surface area contributed by atoms with Crippen LogP contribution in [0.15, 0.2) is 24.3 Å². The van der Waals surface area contributed by atoms with Crippen LogP contribution in [0.5, 0.6) is 0 Å². The second kappa shape index (κ2) is 10.3. The first-order valence-corrected chi connectivity index (χ1v) is 9.44. The number of hydrogen-bond acceptors (Lipinski definition) is 6. The second-order valence-electron chi connectivity index (χ2n) is 6.47. The molecule has 1 fully saturated rings. The zero-order chi connectivity index (χ0) is 18.9. The summed E-state index contributed by atoms with van der Waals surface area (Å²) in [6, 6.07) is 7.46. The molecule has 6 nitrogen and oxygen atoms in total. The first kappa shape index (κ1) is 20.4. The standard InChI is InChI=1S/C20H30N2O4/c1-4-25-19(23)16(3)22-14-12-21(13-15-22)11-10-17-6-8-18(9-7-17)20(24)26-5-2/h6-9,16H,4-5,10-15H2,1-3H3. The minimum absolute atomic E-state index is 0.136. The van der Waals surface area contributed by atoms with Crippen LogP contribution in [0.25, 0.3) is 0 Å². The van der Waals surface area contributed by atoms with Gasteiger partial charge in [0.25, 0.3) is 0 Å². The third-order valence-electron chi connectivity index (χ3n) is 4.76. The lowest BCUT2D eigenvalue weighted by atomic mass is 10.1. The van der Waals surface area contributed by atoms with Crippen LogP contribution in [0.3, 0.4) is 0 Å². The van der Waals surface area contributed by atoms with Gasteiger partial charge in [0.1, 0.15) is 6.04 Å². The molecule has 2 rings (SSSR count). The molecule has 0 N–H and O–H groups in total. The van der Waals surface area contributed by atoms with E-state index in [0.717, 1.165) is 39.1 Å². The highest BCUT2D eigenvalue weighted by molar-refractivity contribution is 5.89. The highest BCUT2D eigenvalue weighted by Gasteiger charge is 2.26. The van der Waals surface area contributed by atoms with Crippen LogP contribution in [0, 0.1) is 0 Å². The van der Waals surface area contributed by atoms with Gasteiger partial charge in [-0.3, -0.25) is 9.69 Å². The van der Waals surface area contributed by atoms with Gasteiger partial charge in [0.15, 0.2) is 0 Å². The van der Waals surface area contributed by atoms with Crippen molar-refractivity contribution in [3.8, 4) is 0 Å². The Morgan fingerprint density at radius 3 is 2.19 bits per heavy atom. The minimum atomic E-state index is -0.272. The molecular weight excluding hydrogens is 332 g/mol. The normalized spacial score (nSPS) is 16.9. The van der Waals surface area contributed by atoms with E-state index < -0.39 is 0 Å². The van der Waals surface area contributed by atoms with Gasteiger partial charge >= 0.3 is 11.9 Å². The molecule has 0 amide bonds. The number of esters is 2. The molecule has 26 heavy (non-hydrogen) atoms. The van der Waals surface area contributed by atoms with Crippen molar-refractivity contribution in [2.75, 3.05) is 45.9 Å². The average molecular weight is 362 g/mol. The van der Waals surface area contributed by atoms with E-state index in [-0.39, 0.29) is 18.0 Å². The molecule has 1 heterocycles. The van der Waals surface area contributed by atoms with Gasteiger partial charge in [-0.25, -0.2) is 4.79 Å². The van der Waals surface area contributed by atoms with E-state index >= 15 is 0 Å². The van der Waals surface area contributed by atoms with Crippen molar-refractivity contribution in [1.82, 2.24) is 9.80 Å². The van der Waals surface area contributed by atoms with E-state index in [4.69, 9.17) is 9.47 Å². The third-order valence-corrected chi connectivity index (χ3v) is 4.76. The van der Waals surface area contributed by atoms with E-state index in [1.165, 1.54) is 5.56 Å². The van der Waals surface area contributed by atoms with E-state index in [1.807, 2.05) is 38.1 Å². The monoisotopic (exact) mass is 362 g/mol. The summed E-state index contributed by atoms with van der Waals surface area (Å²) in [4.78, 5) is 28.1. The zero-order valence-electron chi connectivity index (χ0n) is 16.1. The van der Waals surface area contributed by atoms with Crippen molar-refractivity contribution in [3.63, 3.8) is 0 Å². The second-order valence-corrected chi connectivity index (χ2v) is 6.47. The molecule has 0 aromatic heterocycles. The Balaban J connectivity index is 1.74. The van der Waals surface area contributed by atoms with Gasteiger partial charge in [-0.1, -0.05) is 12.1 Å². The van der Waals surface area contributed by atoms with E-state index in [0.29, 0.717) is 18.8 Å². The molecular formula is C20H30N2O4. The summed E-state index contributed by atoms with van der Waals surface area (Å²) in [5, 5.41) is 0. The van der Waals surface area contributed by atoms with Crippen LogP contribution in [-0.2, 0) is 20.7 Å². The molecule has 1 atom stereocenters. The molecule has 0 aliphatic carbocycles. The topological polar surface area (TPSA) is 59.1 Å². The van der Waals surface area contributed by atoms with Gasteiger partial charge in [-0.05, 0) is 44.9 Å². The first-order valence-electron chi connectivity index (χ1n) is 9.44. The molecule has 0 radical (unpaired) electrons. The Morgan fingerprint density at radius 2 is 1.62 bits per heavy atom. The predicted molar refractivity (Wildman–Crippen MR) is 100 cm³/mol. The predicted octanol–water partition coefficient (Wildman–Crippen LogP) is 1.97. The summed E-state index contributed by atoms with van der Waals surface area (Å²) in [5.41, 5.74) is 1.80. The summed E-state index contributed by atoms with van der Waals surface area (Å²) in [7, 11) is 0. The Hall–Kier alpha value is -1.92. The summed E-state index contributed by atoms with van der Waals surface area (Å²) < 4.78 is 10.1. The van der Waals surface area contributed by atoms with Gasteiger partial charge in [0, 0.05) is 32.7 Å². The third kappa shape index (κ3) is 5.81. The molecule has 0 saturated carbocycles. The van der Waals surface area contributed by atoms with Gasteiger partial charge in [-0.2, -0.15) is 0 Å². The number of carbonyl (C=O) groups excluding carboxylic acids is 2. The van der Waals surface area contributed by atoms with Crippen molar-refractivity contribution in [2.45, 2.75) is 33.2 Å². The summed E-state index contributed by atoms with van der Waals surface area (Å²) in [6.07, 6.45) is 0.941. The van der Waals surface area contributed by atoms with Crippen LogP contribution < -0.4 is 0 Å². The quantitative estimate of drug-likeness (QED) is 0.659. The first-order chi connectivity index (χ1) is 12.5. The van der Waals surface area contributed by atoms with Crippen LogP contribution in [0.2, 0.25) is 0 Å². The van der Waals surface area contributed by atoms with Crippen molar-refractivity contribution >= 4 is 11.9 Å². The van der Waals surface area contributed by atoms with E-state index in [1.54, 1.807) is 6.92 Å². The van der Waals surface area contributed by atoms with Crippen LogP contribution in [0.4, 0.5) is 0 Å². The van der Waals surface area contributed by atoms with Gasteiger partial charge < -0.3 is 14.4 Å². The number of rotatable bonds is 8. The van der Waals surface area contributed by atoms with Crippen molar-refractivity contribution in [1.29, 1.82) is 0 Å². The minimum Gasteiger partial charge on any atom is -0.465 e. The van der Waals surface area contributed by atoms with Crippen molar-refractivity contribution in [3.05, 3.63) is 35.4 Å². The number of carbonyl (C=O) groups is 2. The Kier molecular flexibility index (Phi) is 8.06. The largest absolute Gasteiger partial charge is 0.465 e. The van der Waals surface area contributed by atoms with Gasteiger partial charge in [0.2, 0.25) is 0 Å². The lowest BCUT2D eigenvalue weighted by Gasteiger charge is -2.37. The summed E-state index contributed by atoms with van der Waals surface area (Å²) >= 11 is 0. The highest BCUT2D eigenvalue weighted by atomic mass is 16.5. The summed E-state index contributed by atoms with van der Waals surface area (Å²) in [5.74, 6) is -0.409. The number of benzene rings is 1. The van der Waals surface area contributed by atoms with Crippen LogP contribution in [0.1, 0.15) is 36.7 Å². The molecule has 6 heteroatoms. The fourth-order valence-electron chi connectivity index (χ4n) is 3.10.